The van der Waals surface area contributed by atoms with Gasteiger partial charge in [-0.05, 0) is 22.0 Å². The largest absolute Gasteiger partial charge is 0.460 e. The van der Waals surface area contributed by atoms with Crippen LogP contribution in [0.1, 0.15) is 0 Å². The lowest BCUT2D eigenvalue weighted by Crippen LogP contribution is -2.08. The first kappa shape index (κ1) is 9.17. The average Bonchev–Trinajstić information content (AvgIpc) is 2.65. The predicted octanol–water partition coefficient (Wildman–Crippen LogP) is 1.78. The minimum atomic E-state index is 0.484. The summed E-state index contributed by atoms with van der Waals surface area (Å²) in [6, 6.07) is 3.45. The lowest BCUT2D eigenvalue weighted by Gasteiger charge is -2.00. The van der Waals surface area contributed by atoms with Crippen molar-refractivity contribution < 1.29 is 4.42 Å². The molecule has 0 radical (unpaired) electrons. The maximum atomic E-state index is 5.23. The van der Waals surface area contributed by atoms with E-state index in [1.807, 2.05) is 0 Å². The van der Waals surface area contributed by atoms with E-state index in [2.05, 4.69) is 31.3 Å². The van der Waals surface area contributed by atoms with E-state index >= 15 is 0 Å². The molecular weight excluding hydrogens is 248 g/mol. The Morgan fingerprint density at radius 3 is 2.93 bits per heavy atom. The first-order valence-electron chi connectivity index (χ1n) is 3.84. The number of nitrogen functional groups attached to an aromatic ring is 1. The fourth-order valence-electron chi connectivity index (χ4n) is 1.00. The summed E-state index contributed by atoms with van der Waals surface area (Å²) in [6.45, 7) is 0. The van der Waals surface area contributed by atoms with Crippen molar-refractivity contribution in [3.8, 4) is 11.6 Å². The van der Waals surface area contributed by atoms with Crippen molar-refractivity contribution in [3.05, 3.63) is 29.1 Å². The number of nitrogens with one attached hydrogen (secondary N) is 1. The van der Waals surface area contributed by atoms with Crippen LogP contribution in [0.5, 0.6) is 0 Å². The Bertz CT molecular complexity index is 442. The van der Waals surface area contributed by atoms with Crippen molar-refractivity contribution in [2.45, 2.75) is 0 Å². The molecule has 2 aromatic rings. The molecule has 0 aliphatic heterocycles. The van der Waals surface area contributed by atoms with Gasteiger partial charge in [-0.15, -0.1) is 0 Å². The second-order valence-electron chi connectivity index (χ2n) is 2.51. The molecule has 0 bridgehead atoms. The zero-order valence-electron chi connectivity index (χ0n) is 7.07. The quantitative estimate of drug-likeness (QED) is 0.631. The van der Waals surface area contributed by atoms with Crippen LogP contribution in [0.3, 0.4) is 0 Å². The van der Waals surface area contributed by atoms with E-state index < -0.39 is 0 Å². The van der Waals surface area contributed by atoms with Crippen molar-refractivity contribution in [2.24, 2.45) is 5.84 Å². The van der Waals surface area contributed by atoms with Gasteiger partial charge in [0.1, 0.15) is 5.82 Å². The minimum Gasteiger partial charge on any atom is -0.460 e. The Balaban J connectivity index is 2.47. The Morgan fingerprint density at radius 1 is 1.43 bits per heavy atom. The minimum absolute atomic E-state index is 0.484. The van der Waals surface area contributed by atoms with Crippen LogP contribution in [0, 0.1) is 0 Å². The van der Waals surface area contributed by atoms with Crippen molar-refractivity contribution in [3.63, 3.8) is 0 Å². The summed E-state index contributed by atoms with van der Waals surface area (Å²) in [6.07, 6.45) is 3.16. The lowest BCUT2D eigenvalue weighted by molar-refractivity contribution is 0.576. The molecule has 0 saturated carbocycles. The van der Waals surface area contributed by atoms with Crippen LogP contribution in [0.15, 0.2) is 33.5 Å². The van der Waals surface area contributed by atoms with E-state index in [1.54, 1.807) is 24.6 Å². The van der Waals surface area contributed by atoms with Crippen molar-refractivity contribution in [1.29, 1.82) is 0 Å². The molecule has 0 atom stereocenters. The van der Waals surface area contributed by atoms with E-state index in [0.717, 1.165) is 4.47 Å². The van der Waals surface area contributed by atoms with E-state index in [-0.39, 0.29) is 0 Å². The maximum absolute atomic E-state index is 5.23. The number of nitrogens with zero attached hydrogens (tertiary/aromatic N) is 2. The molecule has 0 unspecified atom stereocenters. The zero-order valence-corrected chi connectivity index (χ0v) is 8.65. The maximum Gasteiger partial charge on any atom is 0.198 e. The topological polar surface area (TPSA) is 77.0 Å². The van der Waals surface area contributed by atoms with Gasteiger partial charge in [0.15, 0.2) is 11.6 Å². The highest BCUT2D eigenvalue weighted by Crippen LogP contribution is 2.26. The van der Waals surface area contributed by atoms with E-state index in [1.165, 1.54) is 0 Å². The molecule has 5 nitrogen and oxygen atoms in total. The van der Waals surface area contributed by atoms with E-state index in [9.17, 15) is 0 Å². The molecule has 6 heteroatoms. The number of hydrogen-bond donors (Lipinski definition) is 2. The number of hydrogen-bond acceptors (Lipinski definition) is 5. The molecule has 0 saturated heterocycles. The number of furan rings is 1. The van der Waals surface area contributed by atoms with Gasteiger partial charge in [0, 0.05) is 12.3 Å². The van der Waals surface area contributed by atoms with E-state index in [4.69, 9.17) is 10.3 Å². The summed E-state index contributed by atoms with van der Waals surface area (Å²) in [5, 5.41) is 0. The molecule has 14 heavy (non-hydrogen) atoms. The number of aromatic nitrogens is 2. The molecule has 0 aromatic carbocycles. The third-order valence-electron chi connectivity index (χ3n) is 1.62. The molecular formula is C8H7BrN4O. The Labute approximate surface area is 88.4 Å². The average molecular weight is 255 g/mol. The first-order chi connectivity index (χ1) is 6.81. The van der Waals surface area contributed by atoms with Crippen LogP contribution in [-0.4, -0.2) is 9.97 Å². The molecule has 3 N–H and O–H groups in total. The van der Waals surface area contributed by atoms with Gasteiger partial charge in [0.05, 0.1) is 10.7 Å². The Morgan fingerprint density at radius 2 is 2.29 bits per heavy atom. The van der Waals surface area contributed by atoms with Gasteiger partial charge in [-0.3, -0.25) is 0 Å². The van der Waals surface area contributed by atoms with Crippen LogP contribution < -0.4 is 11.3 Å². The third-order valence-corrected chi connectivity index (χ3v) is 2.25. The highest BCUT2D eigenvalue weighted by Gasteiger charge is 2.09. The van der Waals surface area contributed by atoms with Crippen LogP contribution >= 0.6 is 15.9 Å². The van der Waals surface area contributed by atoms with Gasteiger partial charge in [-0.25, -0.2) is 15.8 Å². The molecule has 0 amide bonds. The van der Waals surface area contributed by atoms with Crippen LogP contribution in [0.25, 0.3) is 11.6 Å². The summed E-state index contributed by atoms with van der Waals surface area (Å²) in [4.78, 5) is 8.18. The summed E-state index contributed by atoms with van der Waals surface area (Å²) in [5.74, 6) is 6.84. The van der Waals surface area contributed by atoms with Crippen molar-refractivity contribution in [2.75, 3.05) is 5.43 Å². The number of hydrazine groups is 1. The normalized spacial score (nSPS) is 10.1. The second-order valence-corrected chi connectivity index (χ2v) is 3.36. The Kier molecular flexibility index (Phi) is 2.47. The molecule has 72 valence electrons. The smallest absolute Gasteiger partial charge is 0.198 e. The SMILES string of the molecule is NNc1ccnc(-c2occc2Br)n1. The summed E-state index contributed by atoms with van der Waals surface area (Å²) >= 11 is 3.32. The standard InChI is InChI=1S/C8H7BrN4O/c9-5-2-4-14-7(5)8-11-3-1-6(12-8)13-10/h1-4H,10H2,(H,11,12,13). The summed E-state index contributed by atoms with van der Waals surface area (Å²) in [5.41, 5.74) is 2.44. The fraction of sp³-hybridized carbons (Fsp3) is 0. The van der Waals surface area contributed by atoms with Crippen molar-refractivity contribution >= 4 is 21.7 Å². The van der Waals surface area contributed by atoms with Gasteiger partial charge in [-0.2, -0.15) is 0 Å². The predicted molar refractivity (Wildman–Crippen MR) is 55.2 cm³/mol. The Hall–Kier alpha value is -1.40. The van der Waals surface area contributed by atoms with Gasteiger partial charge in [-0.1, -0.05) is 0 Å². The second kappa shape index (κ2) is 3.77. The molecule has 0 spiro atoms. The molecule has 0 aliphatic rings. The number of halogens is 1. The molecule has 0 aliphatic carbocycles. The van der Waals surface area contributed by atoms with Gasteiger partial charge in [0.25, 0.3) is 0 Å². The summed E-state index contributed by atoms with van der Waals surface area (Å²) in [7, 11) is 0. The van der Waals surface area contributed by atoms with Crippen LogP contribution in [-0.2, 0) is 0 Å². The monoisotopic (exact) mass is 254 g/mol. The number of nitrogens with two attached hydrogens (primary N) is 1. The highest BCUT2D eigenvalue weighted by atomic mass is 79.9. The van der Waals surface area contributed by atoms with E-state index in [0.29, 0.717) is 17.4 Å². The fourth-order valence-corrected chi connectivity index (χ4v) is 1.38. The molecule has 0 fully saturated rings. The van der Waals surface area contributed by atoms with Gasteiger partial charge < -0.3 is 9.84 Å². The molecule has 2 aromatic heterocycles. The van der Waals surface area contributed by atoms with Gasteiger partial charge in [0.2, 0.25) is 0 Å². The lowest BCUT2D eigenvalue weighted by atomic mass is 10.4. The van der Waals surface area contributed by atoms with Crippen molar-refractivity contribution in [1.82, 2.24) is 9.97 Å². The van der Waals surface area contributed by atoms with Crippen LogP contribution in [0.2, 0.25) is 0 Å². The molecule has 2 rings (SSSR count). The van der Waals surface area contributed by atoms with Gasteiger partial charge >= 0.3 is 0 Å². The summed E-state index contributed by atoms with van der Waals surface area (Å²) < 4.78 is 6.02. The van der Waals surface area contributed by atoms with Crippen LogP contribution in [0.4, 0.5) is 5.82 Å². The number of rotatable bonds is 2. The first-order valence-corrected chi connectivity index (χ1v) is 4.63. The highest BCUT2D eigenvalue weighted by molar-refractivity contribution is 9.10. The number of anilines is 1. The molecule has 2 heterocycles. The third kappa shape index (κ3) is 1.61. The zero-order chi connectivity index (χ0) is 9.97.